The fourth-order valence-corrected chi connectivity index (χ4v) is 8.98. The van der Waals surface area contributed by atoms with Crippen molar-refractivity contribution in [1.29, 1.82) is 0 Å². The van der Waals surface area contributed by atoms with E-state index in [2.05, 4.69) is 60.3 Å². The van der Waals surface area contributed by atoms with Crippen molar-refractivity contribution in [2.45, 2.75) is 112 Å². The average molecular weight is 427 g/mol. The van der Waals surface area contributed by atoms with Crippen LogP contribution in [0, 0.1) is 51.8 Å². The van der Waals surface area contributed by atoms with Crippen molar-refractivity contribution >= 4 is 0 Å². The monoisotopic (exact) mass is 426 g/mol. The molecule has 176 valence electrons. The van der Waals surface area contributed by atoms with Crippen LogP contribution in [0.15, 0.2) is 24.3 Å². The topological polar surface area (TPSA) is 20.2 Å². The van der Waals surface area contributed by atoms with Gasteiger partial charge in [0.05, 0.1) is 6.10 Å². The Morgan fingerprint density at radius 2 is 1.87 bits per heavy atom. The molecular formula is C30H50O. The predicted molar refractivity (Wildman–Crippen MR) is 133 cm³/mol. The minimum absolute atomic E-state index is 0.0893. The zero-order valence-electron chi connectivity index (χ0n) is 21.4. The molecule has 0 bridgehead atoms. The van der Waals surface area contributed by atoms with Gasteiger partial charge < -0.3 is 5.11 Å². The second-order valence-corrected chi connectivity index (χ2v) is 13.3. The van der Waals surface area contributed by atoms with Gasteiger partial charge in [-0.25, -0.2) is 0 Å². The molecule has 0 heterocycles. The van der Waals surface area contributed by atoms with E-state index < -0.39 is 0 Å². The van der Waals surface area contributed by atoms with Gasteiger partial charge in [0.1, 0.15) is 0 Å². The van der Waals surface area contributed by atoms with Gasteiger partial charge in [-0.15, -0.1) is 6.58 Å². The van der Waals surface area contributed by atoms with E-state index in [0.29, 0.717) is 16.7 Å². The molecule has 3 saturated carbocycles. The zero-order valence-corrected chi connectivity index (χ0v) is 21.4. The highest BCUT2D eigenvalue weighted by atomic mass is 16.3. The second-order valence-electron chi connectivity index (χ2n) is 13.3. The van der Waals surface area contributed by atoms with Crippen molar-refractivity contribution in [3.8, 4) is 0 Å². The third-order valence-corrected chi connectivity index (χ3v) is 11.8. The molecule has 1 N–H and O–H groups in total. The lowest BCUT2D eigenvalue weighted by Crippen LogP contribution is -2.50. The fourth-order valence-electron chi connectivity index (χ4n) is 8.98. The maximum Gasteiger partial charge on any atom is 0.0577 e. The average Bonchev–Trinajstić information content (AvgIpc) is 3.09. The summed E-state index contributed by atoms with van der Waals surface area (Å²) in [6.07, 6.45) is 17.6. The summed E-state index contributed by atoms with van der Waals surface area (Å²) in [6, 6.07) is 0. The van der Waals surface area contributed by atoms with E-state index >= 15 is 0 Å². The summed E-state index contributed by atoms with van der Waals surface area (Å²) in [7, 11) is 0. The first-order valence-electron chi connectivity index (χ1n) is 13.6. The smallest absolute Gasteiger partial charge is 0.0577 e. The van der Waals surface area contributed by atoms with Gasteiger partial charge in [-0.05, 0) is 116 Å². The van der Waals surface area contributed by atoms with Gasteiger partial charge in [-0.1, -0.05) is 59.3 Å². The summed E-state index contributed by atoms with van der Waals surface area (Å²) in [5.41, 5.74) is 2.79. The van der Waals surface area contributed by atoms with E-state index in [4.69, 9.17) is 0 Å². The summed E-state index contributed by atoms with van der Waals surface area (Å²) in [5.74, 6) is 5.03. The minimum Gasteiger partial charge on any atom is -0.393 e. The number of hydrogen-bond donors (Lipinski definition) is 1. The van der Waals surface area contributed by atoms with Crippen LogP contribution in [0.5, 0.6) is 0 Å². The number of aliphatic hydroxyl groups excluding tert-OH is 1. The normalized spacial score (nSPS) is 45.2. The molecule has 4 rings (SSSR count). The maximum absolute atomic E-state index is 10.3. The molecule has 0 aromatic heterocycles. The highest BCUT2D eigenvalue weighted by molar-refractivity contribution is 5.25. The Kier molecular flexibility index (Phi) is 6.35. The van der Waals surface area contributed by atoms with E-state index in [-0.39, 0.29) is 11.5 Å². The number of allylic oxidation sites excluding steroid dienone is 2. The van der Waals surface area contributed by atoms with Gasteiger partial charge in [0, 0.05) is 0 Å². The predicted octanol–water partition coefficient (Wildman–Crippen LogP) is 8.19. The number of fused-ring (bicyclic) bond motifs is 5. The molecular weight excluding hydrogens is 376 g/mol. The van der Waals surface area contributed by atoms with Crippen molar-refractivity contribution in [2.24, 2.45) is 51.8 Å². The highest BCUT2D eigenvalue weighted by Gasteiger charge is 2.59. The van der Waals surface area contributed by atoms with Crippen LogP contribution in [-0.4, -0.2) is 11.2 Å². The van der Waals surface area contributed by atoms with Crippen LogP contribution in [0.25, 0.3) is 0 Å². The Morgan fingerprint density at radius 3 is 2.55 bits per heavy atom. The number of aliphatic hydroxyl groups is 1. The molecule has 31 heavy (non-hydrogen) atoms. The Balaban J connectivity index is 1.49. The summed E-state index contributed by atoms with van der Waals surface area (Å²) in [6.45, 7) is 19.1. The van der Waals surface area contributed by atoms with Gasteiger partial charge in [0.15, 0.2) is 0 Å². The van der Waals surface area contributed by atoms with Gasteiger partial charge in [0.25, 0.3) is 0 Å². The summed E-state index contributed by atoms with van der Waals surface area (Å²) >= 11 is 0. The van der Waals surface area contributed by atoms with Crippen LogP contribution in [0.3, 0.4) is 0 Å². The molecule has 0 aromatic rings. The van der Waals surface area contributed by atoms with Crippen molar-refractivity contribution in [3.63, 3.8) is 0 Å². The molecule has 3 fully saturated rings. The lowest BCUT2D eigenvalue weighted by atomic mass is 9.47. The zero-order chi connectivity index (χ0) is 22.6. The van der Waals surface area contributed by atoms with Gasteiger partial charge in [-0.2, -0.15) is 0 Å². The minimum atomic E-state index is -0.0893. The lowest BCUT2D eigenvalue weighted by Gasteiger charge is -2.58. The molecule has 0 amide bonds. The van der Waals surface area contributed by atoms with E-state index in [1.165, 1.54) is 51.4 Å². The van der Waals surface area contributed by atoms with Crippen LogP contribution in [0.4, 0.5) is 0 Å². The molecule has 1 nitrogen and oxygen atoms in total. The van der Waals surface area contributed by atoms with Crippen molar-refractivity contribution in [1.82, 2.24) is 0 Å². The first kappa shape index (κ1) is 23.6. The highest BCUT2D eigenvalue weighted by Crippen LogP contribution is 2.67. The van der Waals surface area contributed by atoms with E-state index in [1.807, 2.05) is 0 Å². The van der Waals surface area contributed by atoms with Crippen LogP contribution >= 0.6 is 0 Å². The number of rotatable bonds is 6. The van der Waals surface area contributed by atoms with Gasteiger partial charge >= 0.3 is 0 Å². The third-order valence-electron chi connectivity index (χ3n) is 11.8. The molecule has 1 heteroatoms. The van der Waals surface area contributed by atoms with Crippen molar-refractivity contribution < 1.29 is 5.11 Å². The Labute approximate surface area is 193 Å². The third kappa shape index (κ3) is 3.79. The molecule has 0 saturated heterocycles. The van der Waals surface area contributed by atoms with Crippen LogP contribution in [0.2, 0.25) is 0 Å². The summed E-state index contributed by atoms with van der Waals surface area (Å²) in [5, 5.41) is 10.3. The molecule has 4 aliphatic carbocycles. The fraction of sp³-hybridized carbons (Fsp3) is 0.867. The van der Waals surface area contributed by atoms with E-state index in [0.717, 1.165) is 42.4 Å². The van der Waals surface area contributed by atoms with Gasteiger partial charge in [-0.3, -0.25) is 0 Å². The van der Waals surface area contributed by atoms with E-state index in [1.54, 1.807) is 5.57 Å². The van der Waals surface area contributed by atoms with E-state index in [9.17, 15) is 5.11 Å². The molecule has 9 atom stereocenters. The van der Waals surface area contributed by atoms with Crippen molar-refractivity contribution in [3.05, 3.63) is 24.3 Å². The molecule has 0 aliphatic heterocycles. The molecule has 1 unspecified atom stereocenters. The van der Waals surface area contributed by atoms with Gasteiger partial charge in [0.2, 0.25) is 0 Å². The Bertz CT molecular complexity index is 705. The quantitative estimate of drug-likeness (QED) is 0.424. The van der Waals surface area contributed by atoms with Crippen molar-refractivity contribution in [2.75, 3.05) is 0 Å². The van der Waals surface area contributed by atoms with Crippen LogP contribution in [0.1, 0.15) is 106 Å². The lowest BCUT2D eigenvalue weighted by molar-refractivity contribution is -0.0577. The first-order valence-corrected chi connectivity index (χ1v) is 13.6. The molecule has 4 aliphatic rings. The second kappa shape index (κ2) is 8.34. The Hall–Kier alpha value is -0.560. The molecule has 0 spiro atoms. The number of hydrogen-bond acceptors (Lipinski definition) is 1. The van der Waals surface area contributed by atoms with Crippen LogP contribution < -0.4 is 0 Å². The largest absolute Gasteiger partial charge is 0.393 e. The first-order chi connectivity index (χ1) is 14.5. The molecule has 0 radical (unpaired) electrons. The molecule has 0 aromatic carbocycles. The summed E-state index contributed by atoms with van der Waals surface area (Å²) in [4.78, 5) is 0. The SMILES string of the molecule is C=C[C@](C)(CC[C@@H](C)[C@H]1CC[C@H]2[C@@H]3CC=C4CC(O)CC[C@]4(C)[C@H]3CC[C@]12C)C(C)C. The maximum atomic E-state index is 10.3. The Morgan fingerprint density at radius 1 is 1.13 bits per heavy atom. The standard InChI is InChI=1S/C30H50O/c1-8-28(5,20(2)3)16-13-21(4)25-11-12-26-24-10-9-22-19-23(31)14-17-29(22,6)27(24)15-18-30(25,26)7/h8-9,20-21,23-27,31H,1,10-19H2,2-7H3/t21-,23?,24+,25-,26+,27+,28-,29+,30-/m1/s1. The summed E-state index contributed by atoms with van der Waals surface area (Å²) < 4.78 is 0. The van der Waals surface area contributed by atoms with Crippen LogP contribution in [-0.2, 0) is 0 Å².